The lowest BCUT2D eigenvalue weighted by Gasteiger charge is -2.15. The van der Waals surface area contributed by atoms with Crippen molar-refractivity contribution in [1.29, 1.82) is 0 Å². The summed E-state index contributed by atoms with van der Waals surface area (Å²) in [5.74, 6) is 0.724. The molecule has 1 amide bonds. The quantitative estimate of drug-likeness (QED) is 0.805. The predicted molar refractivity (Wildman–Crippen MR) is 82.1 cm³/mol. The van der Waals surface area contributed by atoms with Crippen LogP contribution in [-0.4, -0.2) is 25.1 Å². The van der Waals surface area contributed by atoms with Crippen LogP contribution >= 0.6 is 0 Å². The fraction of sp³-hybridized carbons (Fsp3) is 0.562. The SMILES string of the molecule is CCNC(=O)COc1c(C)cc(CNC(C)C)cc1C. The van der Waals surface area contributed by atoms with Gasteiger partial charge in [-0.1, -0.05) is 26.0 Å². The lowest BCUT2D eigenvalue weighted by Crippen LogP contribution is -2.28. The molecule has 0 bridgehead atoms. The fourth-order valence-electron chi connectivity index (χ4n) is 2.08. The molecule has 4 heteroatoms. The third kappa shape index (κ3) is 5.21. The van der Waals surface area contributed by atoms with E-state index in [1.807, 2.05) is 20.8 Å². The number of aryl methyl sites for hydroxylation is 2. The highest BCUT2D eigenvalue weighted by atomic mass is 16.5. The number of amides is 1. The van der Waals surface area contributed by atoms with Crippen molar-refractivity contribution in [3.8, 4) is 5.75 Å². The molecule has 1 rings (SSSR count). The van der Waals surface area contributed by atoms with Gasteiger partial charge in [-0.05, 0) is 37.5 Å². The third-order valence-corrected chi connectivity index (χ3v) is 2.96. The highest BCUT2D eigenvalue weighted by Crippen LogP contribution is 2.24. The summed E-state index contributed by atoms with van der Waals surface area (Å²) in [7, 11) is 0. The second kappa shape index (κ2) is 7.90. The van der Waals surface area contributed by atoms with Crippen LogP contribution < -0.4 is 15.4 Å². The number of rotatable bonds is 7. The van der Waals surface area contributed by atoms with Crippen molar-refractivity contribution in [3.05, 3.63) is 28.8 Å². The summed E-state index contributed by atoms with van der Waals surface area (Å²) in [6.45, 7) is 11.7. The molecule has 0 fully saturated rings. The average molecular weight is 278 g/mol. The van der Waals surface area contributed by atoms with Gasteiger partial charge in [-0.15, -0.1) is 0 Å². The molecule has 1 aromatic rings. The first-order valence-electron chi connectivity index (χ1n) is 7.17. The lowest BCUT2D eigenvalue weighted by molar-refractivity contribution is -0.122. The molecule has 0 heterocycles. The lowest BCUT2D eigenvalue weighted by atomic mass is 10.1. The number of ether oxygens (including phenoxy) is 1. The Hall–Kier alpha value is -1.55. The van der Waals surface area contributed by atoms with Crippen molar-refractivity contribution in [1.82, 2.24) is 10.6 Å². The molecule has 1 aromatic carbocycles. The number of benzene rings is 1. The van der Waals surface area contributed by atoms with E-state index in [0.29, 0.717) is 12.6 Å². The van der Waals surface area contributed by atoms with E-state index in [1.54, 1.807) is 0 Å². The van der Waals surface area contributed by atoms with E-state index in [9.17, 15) is 4.79 Å². The van der Waals surface area contributed by atoms with E-state index in [1.165, 1.54) is 5.56 Å². The molecule has 0 unspecified atom stereocenters. The number of likely N-dealkylation sites (N-methyl/N-ethyl adjacent to an activating group) is 1. The first-order chi connectivity index (χ1) is 9.43. The molecule has 0 radical (unpaired) electrons. The van der Waals surface area contributed by atoms with E-state index >= 15 is 0 Å². The molecule has 2 N–H and O–H groups in total. The predicted octanol–water partition coefficient (Wildman–Crippen LogP) is 2.32. The summed E-state index contributed by atoms with van der Waals surface area (Å²) in [6, 6.07) is 4.68. The summed E-state index contributed by atoms with van der Waals surface area (Å²) in [5.41, 5.74) is 3.36. The molecule has 0 aromatic heterocycles. The van der Waals surface area contributed by atoms with E-state index < -0.39 is 0 Å². The molecule has 112 valence electrons. The first kappa shape index (κ1) is 16.5. The zero-order valence-corrected chi connectivity index (χ0v) is 13.2. The molecule has 20 heavy (non-hydrogen) atoms. The Morgan fingerprint density at radius 2 is 1.85 bits per heavy atom. The first-order valence-corrected chi connectivity index (χ1v) is 7.17. The van der Waals surface area contributed by atoms with Crippen LogP contribution in [0.5, 0.6) is 5.75 Å². The van der Waals surface area contributed by atoms with Crippen molar-refractivity contribution >= 4 is 5.91 Å². The molecule has 0 spiro atoms. The Labute approximate surface area is 121 Å². The van der Waals surface area contributed by atoms with Gasteiger partial charge in [-0.3, -0.25) is 4.79 Å². The second-order valence-electron chi connectivity index (χ2n) is 5.34. The summed E-state index contributed by atoms with van der Waals surface area (Å²) in [5, 5.41) is 6.12. The van der Waals surface area contributed by atoms with Crippen LogP contribution in [0.4, 0.5) is 0 Å². The van der Waals surface area contributed by atoms with E-state index in [4.69, 9.17) is 4.74 Å². The van der Waals surface area contributed by atoms with Gasteiger partial charge < -0.3 is 15.4 Å². The van der Waals surface area contributed by atoms with Crippen LogP contribution in [0.15, 0.2) is 12.1 Å². The zero-order chi connectivity index (χ0) is 15.1. The number of carbonyl (C=O) groups is 1. The van der Waals surface area contributed by atoms with Gasteiger partial charge >= 0.3 is 0 Å². The molecule has 0 aliphatic rings. The topological polar surface area (TPSA) is 50.4 Å². The summed E-state index contributed by atoms with van der Waals surface area (Å²) >= 11 is 0. The summed E-state index contributed by atoms with van der Waals surface area (Å²) in [6.07, 6.45) is 0. The number of nitrogens with one attached hydrogen (secondary N) is 2. The summed E-state index contributed by atoms with van der Waals surface area (Å²) < 4.78 is 5.63. The van der Waals surface area contributed by atoms with Gasteiger partial charge in [0, 0.05) is 19.1 Å². The van der Waals surface area contributed by atoms with Crippen molar-refractivity contribution in [2.75, 3.05) is 13.2 Å². The van der Waals surface area contributed by atoms with E-state index in [0.717, 1.165) is 23.4 Å². The smallest absolute Gasteiger partial charge is 0.257 e. The minimum absolute atomic E-state index is 0.0686. The van der Waals surface area contributed by atoms with Crippen LogP contribution in [0.1, 0.15) is 37.5 Å². The van der Waals surface area contributed by atoms with Gasteiger partial charge in [-0.25, -0.2) is 0 Å². The minimum Gasteiger partial charge on any atom is -0.483 e. The van der Waals surface area contributed by atoms with Crippen molar-refractivity contribution in [3.63, 3.8) is 0 Å². The highest BCUT2D eigenvalue weighted by molar-refractivity contribution is 5.77. The van der Waals surface area contributed by atoms with Crippen molar-refractivity contribution in [2.45, 2.75) is 47.2 Å². The molecular formula is C16H26N2O2. The van der Waals surface area contributed by atoms with Gasteiger partial charge in [-0.2, -0.15) is 0 Å². The van der Waals surface area contributed by atoms with Crippen LogP contribution in [0.3, 0.4) is 0 Å². The van der Waals surface area contributed by atoms with Gasteiger partial charge in [0.15, 0.2) is 6.61 Å². The van der Waals surface area contributed by atoms with Crippen molar-refractivity contribution in [2.24, 2.45) is 0 Å². The maximum absolute atomic E-state index is 11.4. The Morgan fingerprint density at radius 1 is 1.25 bits per heavy atom. The maximum atomic E-state index is 11.4. The van der Waals surface area contributed by atoms with Crippen LogP contribution in [0, 0.1) is 13.8 Å². The third-order valence-electron chi connectivity index (χ3n) is 2.96. The average Bonchev–Trinajstić information content (AvgIpc) is 2.35. The molecule has 0 saturated carbocycles. The Bertz CT molecular complexity index is 433. The van der Waals surface area contributed by atoms with Crippen LogP contribution in [0.25, 0.3) is 0 Å². The fourth-order valence-corrected chi connectivity index (χ4v) is 2.08. The largest absolute Gasteiger partial charge is 0.483 e. The standard InChI is InChI=1S/C16H26N2O2/c1-6-17-15(19)10-20-16-12(4)7-14(8-13(16)5)9-18-11(2)3/h7-8,11,18H,6,9-10H2,1-5H3,(H,17,19). The summed E-state index contributed by atoms with van der Waals surface area (Å²) in [4.78, 5) is 11.4. The van der Waals surface area contributed by atoms with Crippen LogP contribution in [0.2, 0.25) is 0 Å². The Kier molecular flexibility index (Phi) is 6.52. The zero-order valence-electron chi connectivity index (χ0n) is 13.2. The number of carbonyl (C=O) groups excluding carboxylic acids is 1. The molecule has 4 nitrogen and oxygen atoms in total. The molecule has 0 aliphatic heterocycles. The van der Waals surface area contributed by atoms with Crippen molar-refractivity contribution < 1.29 is 9.53 Å². The number of hydrogen-bond donors (Lipinski definition) is 2. The highest BCUT2D eigenvalue weighted by Gasteiger charge is 2.09. The monoisotopic (exact) mass is 278 g/mol. The van der Waals surface area contributed by atoms with Gasteiger partial charge in [0.25, 0.3) is 5.91 Å². The maximum Gasteiger partial charge on any atom is 0.257 e. The van der Waals surface area contributed by atoms with Gasteiger partial charge in [0.2, 0.25) is 0 Å². The molecular weight excluding hydrogens is 252 g/mol. The van der Waals surface area contributed by atoms with E-state index in [-0.39, 0.29) is 12.5 Å². The second-order valence-corrected chi connectivity index (χ2v) is 5.34. The Balaban J connectivity index is 2.71. The molecule has 0 atom stereocenters. The van der Waals surface area contributed by atoms with Gasteiger partial charge in [0.05, 0.1) is 0 Å². The van der Waals surface area contributed by atoms with E-state index in [2.05, 4.69) is 36.6 Å². The Morgan fingerprint density at radius 3 is 2.35 bits per heavy atom. The number of hydrogen-bond acceptors (Lipinski definition) is 3. The van der Waals surface area contributed by atoms with Crippen LogP contribution in [-0.2, 0) is 11.3 Å². The molecule has 0 aliphatic carbocycles. The van der Waals surface area contributed by atoms with Gasteiger partial charge in [0.1, 0.15) is 5.75 Å². The molecule has 0 saturated heterocycles. The minimum atomic E-state index is -0.0862. The normalized spacial score (nSPS) is 10.7.